The molecule has 0 spiro atoms. The highest BCUT2D eigenvalue weighted by Crippen LogP contribution is 2.20. The van der Waals surface area contributed by atoms with Crippen molar-refractivity contribution in [3.63, 3.8) is 0 Å². The molecule has 0 bridgehead atoms. The summed E-state index contributed by atoms with van der Waals surface area (Å²) < 4.78 is 5.63. The summed E-state index contributed by atoms with van der Waals surface area (Å²) in [6.45, 7) is 16.2. The van der Waals surface area contributed by atoms with E-state index in [9.17, 15) is 14.7 Å². The van der Waals surface area contributed by atoms with Crippen LogP contribution in [0.25, 0.3) is 0 Å². The maximum Gasteiger partial charge on any atom is 0.222 e. The van der Waals surface area contributed by atoms with Gasteiger partial charge in [0.1, 0.15) is 0 Å². The van der Waals surface area contributed by atoms with Gasteiger partial charge < -0.3 is 19.6 Å². The lowest BCUT2D eigenvalue weighted by molar-refractivity contribution is -0.132. The van der Waals surface area contributed by atoms with Gasteiger partial charge in [-0.1, -0.05) is 246 Å². The third-order valence-electron chi connectivity index (χ3n) is 15.3. The summed E-state index contributed by atoms with van der Waals surface area (Å²) in [4.78, 5) is 34.0. The number of unbranched alkanes of at least 4 members (excludes halogenated alkanes) is 36. The molecule has 1 rings (SSSR count). The Morgan fingerprint density at radius 1 is 0.368 bits per heavy atom. The van der Waals surface area contributed by atoms with Crippen LogP contribution in [0.2, 0.25) is 0 Å². The molecule has 2 unspecified atom stereocenters. The minimum absolute atomic E-state index is 0.195. The Kier molecular flexibility index (Phi) is 48.4. The fourth-order valence-corrected chi connectivity index (χ4v) is 10.6. The van der Waals surface area contributed by atoms with E-state index in [-0.39, 0.29) is 6.04 Å². The van der Waals surface area contributed by atoms with E-state index in [0.717, 1.165) is 117 Å². The van der Waals surface area contributed by atoms with Crippen molar-refractivity contribution in [2.75, 3.05) is 52.5 Å². The summed E-state index contributed by atoms with van der Waals surface area (Å²) in [5, 5.41) is 10.9. The maximum absolute atomic E-state index is 13.5. The van der Waals surface area contributed by atoms with Crippen LogP contribution >= 0.6 is 0 Å². The maximum atomic E-state index is 13.5. The molecule has 1 fully saturated rings. The molecule has 1 aliphatic heterocycles. The van der Waals surface area contributed by atoms with Crippen LogP contribution in [0.3, 0.4) is 0 Å². The first-order chi connectivity index (χ1) is 33.5. The van der Waals surface area contributed by atoms with Crippen molar-refractivity contribution < 1.29 is 19.4 Å². The highest BCUT2D eigenvalue weighted by atomic mass is 16.5. The molecule has 0 aliphatic carbocycles. The number of carbonyl (C=O) groups is 2. The molecular weight excluding hydrogens is 839 g/mol. The van der Waals surface area contributed by atoms with E-state index in [1.807, 2.05) is 0 Å². The van der Waals surface area contributed by atoms with Crippen LogP contribution in [0, 0.1) is 0 Å². The van der Waals surface area contributed by atoms with Crippen LogP contribution in [-0.4, -0.2) is 96.2 Å². The van der Waals surface area contributed by atoms with Gasteiger partial charge in [-0.15, -0.1) is 0 Å². The van der Waals surface area contributed by atoms with Gasteiger partial charge in [-0.3, -0.25) is 14.5 Å². The Bertz CT molecular complexity index is 948. The molecule has 2 atom stereocenters. The molecule has 1 heterocycles. The van der Waals surface area contributed by atoms with E-state index in [4.69, 9.17) is 4.74 Å². The second-order valence-corrected chi connectivity index (χ2v) is 21.7. The quantitative estimate of drug-likeness (QED) is 0.0615. The zero-order valence-electron chi connectivity index (χ0n) is 46.6. The average Bonchev–Trinajstić information content (AvgIpc) is 3.34. The van der Waals surface area contributed by atoms with Gasteiger partial charge in [-0.25, -0.2) is 0 Å². The van der Waals surface area contributed by atoms with Gasteiger partial charge in [-0.2, -0.15) is 0 Å². The van der Waals surface area contributed by atoms with Crippen LogP contribution in [0.1, 0.15) is 317 Å². The molecular formula is C61H121N3O4. The van der Waals surface area contributed by atoms with E-state index < -0.39 is 6.10 Å². The lowest BCUT2D eigenvalue weighted by atomic mass is 10.0. The van der Waals surface area contributed by atoms with Crippen LogP contribution in [0.15, 0.2) is 0 Å². The Morgan fingerprint density at radius 2 is 0.618 bits per heavy atom. The van der Waals surface area contributed by atoms with Gasteiger partial charge in [0.2, 0.25) is 11.8 Å². The van der Waals surface area contributed by atoms with Crippen molar-refractivity contribution in [2.45, 2.75) is 329 Å². The Morgan fingerprint density at radius 3 is 0.897 bits per heavy atom. The second kappa shape index (κ2) is 50.7. The third kappa shape index (κ3) is 39.4. The predicted molar refractivity (Wildman–Crippen MR) is 296 cm³/mol. The van der Waals surface area contributed by atoms with Gasteiger partial charge in [-0.05, 0) is 70.9 Å². The number of amides is 2. The summed E-state index contributed by atoms with van der Waals surface area (Å²) in [6.07, 6.45) is 55.3. The molecule has 2 amide bonds. The number of aliphatic hydroxyl groups is 1. The highest BCUT2D eigenvalue weighted by Gasteiger charge is 2.29. The van der Waals surface area contributed by atoms with Crippen molar-refractivity contribution in [2.24, 2.45) is 0 Å². The van der Waals surface area contributed by atoms with Gasteiger partial charge in [0.15, 0.2) is 0 Å². The third-order valence-corrected chi connectivity index (χ3v) is 15.3. The van der Waals surface area contributed by atoms with Crippen LogP contribution in [-0.2, 0) is 14.3 Å². The van der Waals surface area contributed by atoms with Crippen LogP contribution < -0.4 is 0 Å². The lowest BCUT2D eigenvalue weighted by Gasteiger charge is -2.37. The smallest absolute Gasteiger partial charge is 0.222 e. The molecule has 0 saturated carbocycles. The normalized spacial score (nSPS) is 15.1. The minimum Gasteiger partial charge on any atom is -0.389 e. The van der Waals surface area contributed by atoms with E-state index in [1.54, 1.807) is 0 Å². The number of rotatable bonds is 53. The van der Waals surface area contributed by atoms with Crippen molar-refractivity contribution in [1.29, 1.82) is 0 Å². The average molecular weight is 961 g/mol. The minimum atomic E-state index is -0.403. The molecule has 1 aliphatic rings. The van der Waals surface area contributed by atoms with Crippen LogP contribution in [0.5, 0.6) is 0 Å². The Labute approximate surface area is 425 Å². The first kappa shape index (κ1) is 64.8. The standard InChI is InChI=1S/C61H121N3O4/c1-5-9-13-17-21-25-33-43-52-63(53-44-34-26-22-18-14-10-6-2)60(66)47-39-31-29-37-41-50-62(58-49-56-68-57-59(58)65)51-42-38-30-32-40-48-61(67)64(54-45-35-27-23-19-15-11-7-3)55-46-36-28-24-20-16-12-8-4/h58-59,65H,5-57H2,1-4H3. The molecule has 7 nitrogen and oxygen atoms in total. The summed E-state index contributed by atoms with van der Waals surface area (Å²) in [7, 11) is 0. The summed E-state index contributed by atoms with van der Waals surface area (Å²) in [6, 6.07) is 0.195. The van der Waals surface area contributed by atoms with E-state index in [2.05, 4.69) is 42.4 Å². The molecule has 1 N–H and O–H groups in total. The number of carbonyl (C=O) groups excluding carboxylic acids is 2. The monoisotopic (exact) mass is 960 g/mol. The summed E-state index contributed by atoms with van der Waals surface area (Å²) >= 11 is 0. The number of hydrogen-bond acceptors (Lipinski definition) is 5. The fourth-order valence-electron chi connectivity index (χ4n) is 10.6. The molecule has 0 aromatic carbocycles. The molecule has 0 aromatic heterocycles. The van der Waals surface area contributed by atoms with Crippen molar-refractivity contribution in [1.82, 2.24) is 14.7 Å². The first-order valence-electron chi connectivity index (χ1n) is 31.0. The molecule has 404 valence electrons. The predicted octanol–water partition coefficient (Wildman–Crippen LogP) is 17.3. The lowest BCUT2D eigenvalue weighted by Crippen LogP contribution is -2.49. The van der Waals surface area contributed by atoms with Crippen molar-refractivity contribution in [3.05, 3.63) is 0 Å². The zero-order valence-corrected chi connectivity index (χ0v) is 46.6. The second-order valence-electron chi connectivity index (χ2n) is 21.7. The number of nitrogens with zero attached hydrogens (tertiary/aromatic N) is 3. The molecule has 7 heteroatoms. The van der Waals surface area contributed by atoms with E-state index in [1.165, 1.54) is 205 Å². The van der Waals surface area contributed by atoms with Gasteiger partial charge in [0.25, 0.3) is 0 Å². The molecule has 1 saturated heterocycles. The number of ether oxygens (including phenoxy) is 1. The number of aliphatic hydroxyl groups excluding tert-OH is 1. The molecule has 0 radical (unpaired) electrons. The van der Waals surface area contributed by atoms with E-state index >= 15 is 0 Å². The zero-order chi connectivity index (χ0) is 49.2. The number of hydrogen-bond donors (Lipinski definition) is 1. The topological polar surface area (TPSA) is 73.3 Å². The molecule has 68 heavy (non-hydrogen) atoms. The van der Waals surface area contributed by atoms with Gasteiger partial charge in [0, 0.05) is 51.7 Å². The summed E-state index contributed by atoms with van der Waals surface area (Å²) in [5.74, 6) is 0.791. The van der Waals surface area contributed by atoms with Crippen molar-refractivity contribution >= 4 is 11.8 Å². The van der Waals surface area contributed by atoms with E-state index in [0.29, 0.717) is 31.3 Å². The Balaban J connectivity index is 2.45. The van der Waals surface area contributed by atoms with Gasteiger partial charge >= 0.3 is 0 Å². The molecule has 0 aromatic rings. The van der Waals surface area contributed by atoms with Crippen molar-refractivity contribution in [3.8, 4) is 0 Å². The van der Waals surface area contributed by atoms with Crippen LogP contribution in [0.4, 0.5) is 0 Å². The Hall–Kier alpha value is -1.18. The fraction of sp³-hybridized carbons (Fsp3) is 0.967. The first-order valence-corrected chi connectivity index (χ1v) is 31.0. The highest BCUT2D eigenvalue weighted by molar-refractivity contribution is 5.76. The summed E-state index contributed by atoms with van der Waals surface area (Å²) in [5.41, 5.74) is 0. The van der Waals surface area contributed by atoms with Gasteiger partial charge in [0.05, 0.1) is 12.7 Å². The largest absolute Gasteiger partial charge is 0.389 e. The SMILES string of the molecule is CCCCCCCCCCN(CCCCCCCCCC)C(=O)CCCCCCCN(CCCCCCCC(=O)N(CCCCCCCCCC)CCCCCCCCCC)C1CCOCC1O.